The summed E-state index contributed by atoms with van der Waals surface area (Å²) >= 11 is 12.3. The van der Waals surface area contributed by atoms with Gasteiger partial charge < -0.3 is 10.5 Å². The highest BCUT2D eigenvalue weighted by atomic mass is 35.5. The van der Waals surface area contributed by atoms with Crippen LogP contribution in [0.25, 0.3) is 0 Å². The van der Waals surface area contributed by atoms with Crippen LogP contribution in [-0.4, -0.2) is 12.1 Å². The lowest BCUT2D eigenvalue weighted by atomic mass is 9.59. The van der Waals surface area contributed by atoms with E-state index in [-0.39, 0.29) is 12.2 Å². The number of anilines is 1. The molecule has 0 saturated heterocycles. The van der Waals surface area contributed by atoms with Crippen molar-refractivity contribution in [2.75, 3.05) is 5.73 Å². The zero-order valence-corrected chi connectivity index (χ0v) is 16.3. The molecule has 0 fully saturated rings. The lowest BCUT2D eigenvalue weighted by Crippen LogP contribution is -2.41. The molecule has 0 radical (unpaired) electrons. The lowest BCUT2D eigenvalue weighted by molar-refractivity contribution is -0.117. The van der Waals surface area contributed by atoms with Gasteiger partial charge >= 0.3 is 0 Å². The van der Waals surface area contributed by atoms with E-state index in [1.165, 1.54) is 6.08 Å². The number of hydrogen-bond acceptors (Lipinski definition) is 3. The van der Waals surface area contributed by atoms with Crippen molar-refractivity contribution in [3.05, 3.63) is 87.4 Å². The summed E-state index contributed by atoms with van der Waals surface area (Å²) in [6, 6.07) is 12.3. The topological polar surface area (TPSA) is 60.2 Å². The summed E-state index contributed by atoms with van der Waals surface area (Å²) in [6.07, 6.45) is 6.20. The fourth-order valence-electron chi connectivity index (χ4n) is 3.85. The Morgan fingerprint density at radius 3 is 2.52 bits per heavy atom. The number of rotatable bonds is 4. The average molecular weight is 400 g/mol. The van der Waals surface area contributed by atoms with E-state index in [1.807, 2.05) is 25.1 Å². The van der Waals surface area contributed by atoms with Gasteiger partial charge in [-0.05, 0) is 54.0 Å². The number of carbonyl (C=O) groups excluding carboxylic acids is 2. The molecule has 0 amide bonds. The van der Waals surface area contributed by atoms with Gasteiger partial charge in [-0.25, -0.2) is 0 Å². The van der Waals surface area contributed by atoms with E-state index in [1.54, 1.807) is 36.4 Å². The van der Waals surface area contributed by atoms with Gasteiger partial charge in [0.2, 0.25) is 0 Å². The van der Waals surface area contributed by atoms with Gasteiger partial charge in [-0.2, -0.15) is 0 Å². The molecular weight excluding hydrogens is 381 g/mol. The van der Waals surface area contributed by atoms with Gasteiger partial charge in [0.05, 0.1) is 5.41 Å². The van der Waals surface area contributed by atoms with Gasteiger partial charge in [-0.1, -0.05) is 53.6 Å². The smallest absolute Gasteiger partial charge is 0.156 e. The number of carbonyl (C=O) groups is 2. The molecule has 0 heterocycles. The Kier molecular flexibility index (Phi) is 5.54. The third kappa shape index (κ3) is 3.45. The monoisotopic (exact) mass is 399 g/mol. The lowest BCUT2D eigenvalue weighted by Gasteiger charge is -2.41. The van der Waals surface area contributed by atoms with Crippen molar-refractivity contribution in [2.24, 2.45) is 0 Å². The van der Waals surface area contributed by atoms with Gasteiger partial charge in [0.25, 0.3) is 0 Å². The molecule has 2 aromatic rings. The standard InChI is InChI=1S/C22H19Cl2NO2/c1-2-4-15-10-18(27)12-20(14-5-3-6-16(23)9-14)22(15,13-26)19-8-7-17(24)11-21(19)25/h2-11,13,20H,12,25H2,1H3/b4-2+/t20-,22+/m0/s1. The number of hydrogen-bond donors (Lipinski definition) is 1. The van der Waals surface area contributed by atoms with E-state index in [2.05, 4.69) is 0 Å². The van der Waals surface area contributed by atoms with Crippen molar-refractivity contribution >= 4 is 41.0 Å². The molecular formula is C22H19Cl2NO2. The first kappa shape index (κ1) is 19.4. The molecule has 0 spiro atoms. The van der Waals surface area contributed by atoms with Crippen LogP contribution in [0, 0.1) is 0 Å². The molecule has 2 atom stereocenters. The van der Waals surface area contributed by atoms with Crippen molar-refractivity contribution in [3.63, 3.8) is 0 Å². The van der Waals surface area contributed by atoms with Crippen LogP contribution >= 0.6 is 23.2 Å². The van der Waals surface area contributed by atoms with Crippen LogP contribution in [0.5, 0.6) is 0 Å². The molecule has 2 N–H and O–H groups in total. The first-order valence-corrected chi connectivity index (χ1v) is 9.33. The molecule has 27 heavy (non-hydrogen) atoms. The molecule has 138 valence electrons. The minimum Gasteiger partial charge on any atom is -0.398 e. The third-order valence-corrected chi connectivity index (χ3v) is 5.46. The first-order valence-electron chi connectivity index (χ1n) is 8.57. The highest BCUT2D eigenvalue weighted by Crippen LogP contribution is 2.50. The maximum Gasteiger partial charge on any atom is 0.156 e. The van der Waals surface area contributed by atoms with Crippen LogP contribution in [0.2, 0.25) is 10.0 Å². The predicted molar refractivity (Wildman–Crippen MR) is 110 cm³/mol. The van der Waals surface area contributed by atoms with Crippen LogP contribution in [-0.2, 0) is 15.0 Å². The minimum absolute atomic E-state index is 0.0434. The van der Waals surface area contributed by atoms with Crippen LogP contribution in [0.4, 0.5) is 5.69 Å². The molecule has 0 aromatic heterocycles. The van der Waals surface area contributed by atoms with Gasteiger partial charge in [-0.3, -0.25) is 4.79 Å². The maximum atomic E-state index is 12.7. The zero-order valence-electron chi connectivity index (χ0n) is 14.8. The SMILES string of the molecule is C/C=C/C1=CC(=O)C[C@@H](c2cccc(Cl)c2)[C@@]1(C=O)c1ccc(Cl)cc1N. The van der Waals surface area contributed by atoms with Crippen LogP contribution in [0.3, 0.4) is 0 Å². The summed E-state index contributed by atoms with van der Waals surface area (Å²) in [6.45, 7) is 1.84. The summed E-state index contributed by atoms with van der Waals surface area (Å²) in [5.74, 6) is -0.473. The quantitative estimate of drug-likeness (QED) is 0.562. The molecule has 3 rings (SSSR count). The number of nitrogen functional groups attached to an aromatic ring is 1. The number of halogens is 2. The molecule has 3 nitrogen and oxygen atoms in total. The first-order chi connectivity index (χ1) is 12.9. The molecule has 5 heteroatoms. The predicted octanol–water partition coefficient (Wildman–Crippen LogP) is 5.27. The molecule has 0 unspecified atom stereocenters. The second-order valence-electron chi connectivity index (χ2n) is 6.60. The summed E-state index contributed by atoms with van der Waals surface area (Å²) in [7, 11) is 0. The van der Waals surface area contributed by atoms with Crippen molar-refractivity contribution in [3.8, 4) is 0 Å². The summed E-state index contributed by atoms with van der Waals surface area (Å²) in [5, 5.41) is 1.03. The van der Waals surface area contributed by atoms with Gasteiger partial charge in [0, 0.05) is 28.1 Å². The Balaban J connectivity index is 2.35. The molecule has 0 bridgehead atoms. The number of aldehydes is 1. The molecule has 0 aliphatic heterocycles. The van der Waals surface area contributed by atoms with Gasteiger partial charge in [-0.15, -0.1) is 0 Å². The van der Waals surface area contributed by atoms with E-state index in [0.29, 0.717) is 26.9 Å². The van der Waals surface area contributed by atoms with E-state index in [0.717, 1.165) is 11.8 Å². The van der Waals surface area contributed by atoms with Gasteiger partial charge in [0.1, 0.15) is 6.29 Å². The third-order valence-electron chi connectivity index (χ3n) is 4.99. The van der Waals surface area contributed by atoms with Crippen molar-refractivity contribution in [1.82, 2.24) is 0 Å². The largest absolute Gasteiger partial charge is 0.398 e. The fraction of sp³-hybridized carbons (Fsp3) is 0.182. The van der Waals surface area contributed by atoms with Crippen LogP contribution in [0.15, 0.2) is 66.3 Å². The van der Waals surface area contributed by atoms with E-state index in [4.69, 9.17) is 28.9 Å². The summed E-state index contributed by atoms with van der Waals surface area (Å²) in [5.41, 5.74) is 7.62. The van der Waals surface area contributed by atoms with Crippen LogP contribution in [0.1, 0.15) is 30.4 Å². The Morgan fingerprint density at radius 1 is 1.15 bits per heavy atom. The van der Waals surface area contributed by atoms with Crippen molar-refractivity contribution < 1.29 is 9.59 Å². The minimum atomic E-state index is -1.11. The molecule has 2 aromatic carbocycles. The Labute approximate surface area is 168 Å². The second kappa shape index (κ2) is 7.71. The Bertz CT molecular complexity index is 965. The van der Waals surface area contributed by atoms with E-state index < -0.39 is 11.3 Å². The van der Waals surface area contributed by atoms with E-state index >= 15 is 0 Å². The average Bonchev–Trinajstić information content (AvgIpc) is 2.62. The maximum absolute atomic E-state index is 12.7. The Morgan fingerprint density at radius 2 is 1.89 bits per heavy atom. The highest BCUT2D eigenvalue weighted by Gasteiger charge is 2.48. The molecule has 0 saturated carbocycles. The van der Waals surface area contributed by atoms with Gasteiger partial charge in [0.15, 0.2) is 5.78 Å². The molecule has 1 aliphatic rings. The van der Waals surface area contributed by atoms with Crippen LogP contribution < -0.4 is 5.73 Å². The number of benzene rings is 2. The number of ketones is 1. The fourth-order valence-corrected chi connectivity index (χ4v) is 4.23. The van der Waals surface area contributed by atoms with Crippen molar-refractivity contribution in [2.45, 2.75) is 24.7 Å². The summed E-state index contributed by atoms with van der Waals surface area (Å²) in [4.78, 5) is 25.2. The Hall–Kier alpha value is -2.36. The number of nitrogens with two attached hydrogens (primary N) is 1. The zero-order chi connectivity index (χ0) is 19.6. The highest BCUT2D eigenvalue weighted by molar-refractivity contribution is 6.31. The van der Waals surface area contributed by atoms with E-state index in [9.17, 15) is 9.59 Å². The normalized spacial score (nSPS) is 22.7. The summed E-state index contributed by atoms with van der Waals surface area (Å²) < 4.78 is 0. The number of allylic oxidation sites excluding steroid dienone is 4. The molecule has 1 aliphatic carbocycles. The van der Waals surface area contributed by atoms with Crippen molar-refractivity contribution in [1.29, 1.82) is 0 Å². The second-order valence-corrected chi connectivity index (χ2v) is 7.47.